The molecule has 1 aromatic heterocycles. The number of methoxy groups -OCH3 is 1. The molecule has 28 heavy (non-hydrogen) atoms. The second-order valence-corrected chi connectivity index (χ2v) is 7.62. The SMILES string of the molecule is COCCOCn1ccnc1C1CCN(C(=S)NCCN2CCOCC2)CC1. The lowest BCUT2D eigenvalue weighted by Crippen LogP contribution is -2.47. The van der Waals surface area contributed by atoms with Gasteiger partial charge in [0, 0.05) is 64.7 Å². The van der Waals surface area contributed by atoms with Gasteiger partial charge in [0.25, 0.3) is 0 Å². The summed E-state index contributed by atoms with van der Waals surface area (Å²) in [5.74, 6) is 1.57. The van der Waals surface area contributed by atoms with Gasteiger partial charge >= 0.3 is 0 Å². The van der Waals surface area contributed by atoms with Gasteiger partial charge in [-0.05, 0) is 25.1 Å². The van der Waals surface area contributed by atoms with E-state index in [-0.39, 0.29) is 0 Å². The highest BCUT2D eigenvalue weighted by Crippen LogP contribution is 2.27. The molecule has 0 saturated carbocycles. The lowest BCUT2D eigenvalue weighted by Gasteiger charge is -2.34. The molecule has 9 heteroatoms. The Morgan fingerprint density at radius 3 is 2.79 bits per heavy atom. The molecule has 1 aromatic rings. The van der Waals surface area contributed by atoms with Gasteiger partial charge in [-0.2, -0.15) is 0 Å². The summed E-state index contributed by atoms with van der Waals surface area (Å²) in [4.78, 5) is 9.28. The molecular weight excluding hydrogens is 378 g/mol. The Labute approximate surface area is 173 Å². The normalized spacial score (nSPS) is 19.1. The van der Waals surface area contributed by atoms with Crippen molar-refractivity contribution in [2.24, 2.45) is 0 Å². The standard InChI is InChI=1S/C19H33N5O3S/c1-25-14-15-27-16-24-9-5-20-18(24)17-2-6-23(7-3-17)19(28)21-4-8-22-10-12-26-13-11-22/h5,9,17H,2-4,6-8,10-16H2,1H3,(H,21,28). The van der Waals surface area contributed by atoms with Crippen molar-refractivity contribution in [3.8, 4) is 0 Å². The van der Waals surface area contributed by atoms with Gasteiger partial charge < -0.3 is 29.0 Å². The fourth-order valence-corrected chi connectivity index (χ4v) is 3.98. The van der Waals surface area contributed by atoms with Crippen LogP contribution in [0.1, 0.15) is 24.6 Å². The molecule has 0 spiro atoms. The van der Waals surface area contributed by atoms with Crippen LogP contribution in [0.4, 0.5) is 0 Å². The molecule has 158 valence electrons. The smallest absolute Gasteiger partial charge is 0.168 e. The van der Waals surface area contributed by atoms with Crippen LogP contribution in [0.15, 0.2) is 12.4 Å². The summed E-state index contributed by atoms with van der Waals surface area (Å²) in [6.45, 7) is 9.27. The Kier molecular flexibility index (Phi) is 8.94. The second kappa shape index (κ2) is 11.7. The van der Waals surface area contributed by atoms with Crippen molar-refractivity contribution in [2.45, 2.75) is 25.5 Å². The number of nitrogens with one attached hydrogen (secondary N) is 1. The quantitative estimate of drug-likeness (QED) is 0.475. The van der Waals surface area contributed by atoms with Gasteiger partial charge in [-0.1, -0.05) is 0 Å². The first kappa shape index (κ1) is 21.4. The zero-order chi connectivity index (χ0) is 19.6. The van der Waals surface area contributed by atoms with E-state index in [0.717, 1.165) is 76.3 Å². The molecular formula is C19H33N5O3S. The third-order valence-electron chi connectivity index (χ3n) is 5.37. The van der Waals surface area contributed by atoms with Crippen LogP contribution in [-0.2, 0) is 20.9 Å². The molecule has 3 rings (SSSR count). The Bertz CT molecular complexity index is 586. The molecule has 2 saturated heterocycles. The van der Waals surface area contributed by atoms with Crippen LogP contribution >= 0.6 is 12.2 Å². The van der Waals surface area contributed by atoms with Crippen molar-refractivity contribution in [2.75, 3.05) is 72.8 Å². The average Bonchev–Trinajstić information content (AvgIpc) is 3.20. The minimum Gasteiger partial charge on any atom is -0.382 e. The number of hydrogen-bond acceptors (Lipinski definition) is 6. The number of thiocarbonyl (C=S) groups is 1. The number of nitrogens with zero attached hydrogens (tertiary/aromatic N) is 4. The van der Waals surface area contributed by atoms with Crippen LogP contribution in [0.5, 0.6) is 0 Å². The second-order valence-electron chi connectivity index (χ2n) is 7.23. The Hall–Kier alpha value is -1.26. The molecule has 0 unspecified atom stereocenters. The van der Waals surface area contributed by atoms with Gasteiger partial charge in [0.15, 0.2) is 5.11 Å². The van der Waals surface area contributed by atoms with E-state index in [0.29, 0.717) is 25.9 Å². The van der Waals surface area contributed by atoms with Crippen LogP contribution in [0.2, 0.25) is 0 Å². The van der Waals surface area contributed by atoms with Crippen LogP contribution in [0.3, 0.4) is 0 Å². The first-order chi connectivity index (χ1) is 13.8. The summed E-state index contributed by atoms with van der Waals surface area (Å²) in [5.41, 5.74) is 0. The summed E-state index contributed by atoms with van der Waals surface area (Å²) in [6.07, 6.45) is 5.96. The fraction of sp³-hybridized carbons (Fsp3) is 0.789. The van der Waals surface area contributed by atoms with Crippen molar-refractivity contribution >= 4 is 17.3 Å². The van der Waals surface area contributed by atoms with E-state index in [1.165, 1.54) is 0 Å². The molecule has 2 fully saturated rings. The maximum atomic E-state index is 5.65. The highest BCUT2D eigenvalue weighted by molar-refractivity contribution is 7.80. The van der Waals surface area contributed by atoms with E-state index in [1.807, 2.05) is 12.4 Å². The Balaban J connectivity index is 1.37. The van der Waals surface area contributed by atoms with Gasteiger partial charge in [0.05, 0.1) is 26.4 Å². The minimum absolute atomic E-state index is 0.452. The van der Waals surface area contributed by atoms with Crippen molar-refractivity contribution in [3.63, 3.8) is 0 Å². The number of ether oxygens (including phenoxy) is 3. The predicted octanol–water partition coefficient (Wildman–Crippen LogP) is 0.890. The maximum absolute atomic E-state index is 5.65. The zero-order valence-electron chi connectivity index (χ0n) is 16.8. The highest BCUT2D eigenvalue weighted by atomic mass is 32.1. The number of morpholine rings is 1. The fourth-order valence-electron chi connectivity index (χ4n) is 3.69. The molecule has 0 amide bonds. The van der Waals surface area contributed by atoms with Crippen molar-refractivity contribution in [1.29, 1.82) is 0 Å². The predicted molar refractivity (Wildman–Crippen MR) is 111 cm³/mol. The molecule has 0 radical (unpaired) electrons. The summed E-state index contributed by atoms with van der Waals surface area (Å²) in [6, 6.07) is 0. The highest BCUT2D eigenvalue weighted by Gasteiger charge is 2.25. The summed E-state index contributed by atoms with van der Waals surface area (Å²) >= 11 is 5.61. The largest absolute Gasteiger partial charge is 0.382 e. The number of hydrogen-bond donors (Lipinski definition) is 1. The van der Waals surface area contributed by atoms with Crippen molar-refractivity contribution < 1.29 is 14.2 Å². The summed E-state index contributed by atoms with van der Waals surface area (Å²) in [5, 5.41) is 4.30. The van der Waals surface area contributed by atoms with Gasteiger partial charge in [-0.3, -0.25) is 4.90 Å². The molecule has 2 aliphatic rings. The minimum atomic E-state index is 0.452. The molecule has 3 heterocycles. The van der Waals surface area contributed by atoms with Crippen LogP contribution in [0, 0.1) is 0 Å². The van der Waals surface area contributed by atoms with E-state index >= 15 is 0 Å². The van der Waals surface area contributed by atoms with Gasteiger partial charge in [0.2, 0.25) is 0 Å². The molecule has 0 atom stereocenters. The Morgan fingerprint density at radius 1 is 1.25 bits per heavy atom. The van der Waals surface area contributed by atoms with Gasteiger partial charge in [0.1, 0.15) is 12.6 Å². The van der Waals surface area contributed by atoms with Crippen molar-refractivity contribution in [1.82, 2.24) is 24.7 Å². The number of imidazole rings is 1. The topological polar surface area (TPSA) is 64.0 Å². The van der Waals surface area contributed by atoms with Crippen LogP contribution in [-0.4, -0.2) is 97.3 Å². The number of aromatic nitrogens is 2. The van der Waals surface area contributed by atoms with E-state index in [2.05, 4.69) is 24.7 Å². The lowest BCUT2D eigenvalue weighted by molar-refractivity contribution is 0.0321. The third-order valence-corrected chi connectivity index (χ3v) is 5.77. The summed E-state index contributed by atoms with van der Waals surface area (Å²) < 4.78 is 18.2. The summed E-state index contributed by atoms with van der Waals surface area (Å²) in [7, 11) is 1.68. The molecule has 0 aromatic carbocycles. The van der Waals surface area contributed by atoms with Gasteiger partial charge in [-0.15, -0.1) is 0 Å². The van der Waals surface area contributed by atoms with E-state index in [4.69, 9.17) is 26.4 Å². The molecule has 8 nitrogen and oxygen atoms in total. The van der Waals surface area contributed by atoms with Crippen LogP contribution in [0.25, 0.3) is 0 Å². The lowest BCUT2D eigenvalue weighted by atomic mass is 9.96. The number of piperidine rings is 1. The molecule has 2 aliphatic heterocycles. The maximum Gasteiger partial charge on any atom is 0.168 e. The molecule has 0 aliphatic carbocycles. The van der Waals surface area contributed by atoms with Crippen LogP contribution < -0.4 is 5.32 Å². The molecule has 0 bridgehead atoms. The Morgan fingerprint density at radius 2 is 2.04 bits per heavy atom. The average molecular weight is 412 g/mol. The van der Waals surface area contributed by atoms with E-state index in [9.17, 15) is 0 Å². The first-order valence-corrected chi connectivity index (χ1v) is 10.6. The van der Waals surface area contributed by atoms with Gasteiger partial charge in [-0.25, -0.2) is 4.98 Å². The monoisotopic (exact) mass is 411 g/mol. The van der Waals surface area contributed by atoms with Crippen molar-refractivity contribution in [3.05, 3.63) is 18.2 Å². The molecule has 1 N–H and O–H groups in total. The third kappa shape index (κ3) is 6.38. The number of rotatable bonds is 9. The van der Waals surface area contributed by atoms with E-state index in [1.54, 1.807) is 7.11 Å². The first-order valence-electron chi connectivity index (χ1n) is 10.2. The number of likely N-dealkylation sites (tertiary alicyclic amines) is 1. The zero-order valence-corrected chi connectivity index (χ0v) is 17.7. The van der Waals surface area contributed by atoms with E-state index < -0.39 is 0 Å².